The molecule has 0 aliphatic rings. The number of nitrogens with two attached hydrogens (primary N) is 1. The van der Waals surface area contributed by atoms with Gasteiger partial charge in [-0.3, -0.25) is 4.79 Å². The lowest BCUT2D eigenvalue weighted by molar-refractivity contribution is -0.123. The van der Waals surface area contributed by atoms with Crippen LogP contribution in [0.4, 0.5) is 5.69 Å². The van der Waals surface area contributed by atoms with Gasteiger partial charge in [0.25, 0.3) is 0 Å². The highest BCUT2D eigenvalue weighted by molar-refractivity contribution is 5.84. The van der Waals surface area contributed by atoms with E-state index >= 15 is 0 Å². The Morgan fingerprint density at radius 2 is 1.86 bits per heavy atom. The molecule has 0 fully saturated rings. The molecule has 118 valence electrons. The highest BCUT2D eigenvalue weighted by atomic mass is 16.1. The van der Waals surface area contributed by atoms with Crippen molar-refractivity contribution in [2.45, 2.75) is 45.1 Å². The molecule has 0 aromatic heterocycles. The molecule has 1 amide bonds. The lowest BCUT2D eigenvalue weighted by atomic mass is 9.95. The minimum absolute atomic E-state index is 0.287. The highest BCUT2D eigenvalue weighted by Crippen LogP contribution is 2.17. The fourth-order valence-corrected chi connectivity index (χ4v) is 2.35. The van der Waals surface area contributed by atoms with E-state index in [1.54, 1.807) is 7.05 Å². The van der Waals surface area contributed by atoms with Gasteiger partial charge in [-0.05, 0) is 45.4 Å². The van der Waals surface area contributed by atoms with Crippen LogP contribution in [0.5, 0.6) is 0 Å². The molecule has 0 spiro atoms. The minimum atomic E-state index is -0.618. The van der Waals surface area contributed by atoms with E-state index in [9.17, 15) is 4.79 Å². The van der Waals surface area contributed by atoms with Crippen molar-refractivity contribution >= 4 is 11.6 Å². The van der Waals surface area contributed by atoms with E-state index in [0.717, 1.165) is 25.9 Å². The average Bonchev–Trinajstić information content (AvgIpc) is 2.51. The third-order valence-electron chi connectivity index (χ3n) is 4.10. The molecule has 0 aliphatic heterocycles. The molecular weight excluding hydrogens is 262 g/mol. The second-order valence-electron chi connectivity index (χ2n) is 5.73. The van der Waals surface area contributed by atoms with Crippen LogP contribution in [0, 0.1) is 0 Å². The first kappa shape index (κ1) is 17.5. The van der Waals surface area contributed by atoms with Crippen LogP contribution in [0.1, 0.15) is 39.5 Å². The van der Waals surface area contributed by atoms with Crippen LogP contribution in [-0.4, -0.2) is 31.6 Å². The Bertz CT molecular complexity index is 421. The third kappa shape index (κ3) is 5.38. The number of para-hydroxylation sites is 1. The standard InChI is InChI=1S/C17H29N3O/c1-4-5-13-20(15-10-7-6-8-11-15)14-9-12-17(2,19-3)16(18)21/h6-8,10-11,19H,4-5,9,12-14H2,1-3H3,(H2,18,21). The van der Waals surface area contributed by atoms with Crippen molar-refractivity contribution in [1.82, 2.24) is 5.32 Å². The number of hydrogen-bond acceptors (Lipinski definition) is 3. The van der Waals surface area contributed by atoms with Crippen LogP contribution in [0.15, 0.2) is 30.3 Å². The smallest absolute Gasteiger partial charge is 0.237 e. The number of unbranched alkanes of at least 4 members (excludes halogenated alkanes) is 1. The summed E-state index contributed by atoms with van der Waals surface area (Å²) >= 11 is 0. The van der Waals surface area contributed by atoms with E-state index in [0.29, 0.717) is 0 Å². The summed E-state index contributed by atoms with van der Waals surface area (Å²) in [5, 5.41) is 3.04. The Morgan fingerprint density at radius 3 is 2.38 bits per heavy atom. The second kappa shape index (κ2) is 8.67. The molecule has 1 unspecified atom stereocenters. The summed E-state index contributed by atoms with van der Waals surface area (Å²) in [6, 6.07) is 10.4. The molecule has 0 radical (unpaired) electrons. The van der Waals surface area contributed by atoms with Gasteiger partial charge in [0.2, 0.25) is 5.91 Å². The zero-order chi connectivity index (χ0) is 15.7. The molecular formula is C17H29N3O. The SMILES string of the molecule is CCCCN(CCCC(C)(NC)C(N)=O)c1ccccc1. The van der Waals surface area contributed by atoms with E-state index < -0.39 is 5.54 Å². The van der Waals surface area contributed by atoms with Crippen molar-refractivity contribution < 1.29 is 4.79 Å². The van der Waals surface area contributed by atoms with Gasteiger partial charge in [-0.1, -0.05) is 31.5 Å². The number of nitrogens with zero attached hydrogens (tertiary/aromatic N) is 1. The molecule has 4 nitrogen and oxygen atoms in total. The molecule has 0 aliphatic carbocycles. The van der Waals surface area contributed by atoms with Crippen molar-refractivity contribution in [3.8, 4) is 0 Å². The number of nitrogens with one attached hydrogen (secondary N) is 1. The first-order valence-electron chi connectivity index (χ1n) is 7.82. The molecule has 1 atom stereocenters. The number of primary amides is 1. The molecule has 0 heterocycles. The first-order chi connectivity index (χ1) is 10.0. The summed E-state index contributed by atoms with van der Waals surface area (Å²) in [6.45, 7) is 6.06. The van der Waals surface area contributed by atoms with Crippen molar-refractivity contribution in [1.29, 1.82) is 0 Å². The van der Waals surface area contributed by atoms with Crippen molar-refractivity contribution in [2.24, 2.45) is 5.73 Å². The Hall–Kier alpha value is -1.55. The van der Waals surface area contributed by atoms with Crippen molar-refractivity contribution in [2.75, 3.05) is 25.0 Å². The number of amides is 1. The third-order valence-corrected chi connectivity index (χ3v) is 4.10. The summed E-state index contributed by atoms with van der Waals surface area (Å²) < 4.78 is 0. The van der Waals surface area contributed by atoms with Gasteiger partial charge in [-0.2, -0.15) is 0 Å². The Labute approximate surface area is 128 Å². The van der Waals surface area contributed by atoms with Crippen LogP contribution in [0.2, 0.25) is 0 Å². The Balaban J connectivity index is 2.60. The predicted octanol–water partition coefficient (Wildman–Crippen LogP) is 2.54. The van der Waals surface area contributed by atoms with E-state index in [1.807, 2.05) is 13.0 Å². The summed E-state index contributed by atoms with van der Waals surface area (Å²) in [6.07, 6.45) is 4.03. The van der Waals surface area contributed by atoms with E-state index in [2.05, 4.69) is 41.4 Å². The van der Waals surface area contributed by atoms with Gasteiger partial charge in [0, 0.05) is 18.8 Å². The zero-order valence-electron chi connectivity index (χ0n) is 13.6. The van der Waals surface area contributed by atoms with E-state index in [1.165, 1.54) is 18.5 Å². The maximum Gasteiger partial charge on any atom is 0.237 e. The molecule has 1 aromatic carbocycles. The first-order valence-corrected chi connectivity index (χ1v) is 7.82. The van der Waals surface area contributed by atoms with Crippen LogP contribution in [0.25, 0.3) is 0 Å². The number of rotatable bonds is 10. The molecule has 0 saturated carbocycles. The van der Waals surface area contributed by atoms with Crippen LogP contribution >= 0.6 is 0 Å². The number of carbonyl (C=O) groups is 1. The molecule has 0 saturated heterocycles. The quantitative estimate of drug-likeness (QED) is 0.696. The molecule has 1 rings (SSSR count). The summed E-state index contributed by atoms with van der Waals surface area (Å²) in [5.41, 5.74) is 6.10. The largest absolute Gasteiger partial charge is 0.372 e. The fourth-order valence-electron chi connectivity index (χ4n) is 2.35. The van der Waals surface area contributed by atoms with Gasteiger partial charge >= 0.3 is 0 Å². The monoisotopic (exact) mass is 291 g/mol. The number of benzene rings is 1. The normalized spacial score (nSPS) is 13.7. The van der Waals surface area contributed by atoms with Crippen molar-refractivity contribution in [3.63, 3.8) is 0 Å². The van der Waals surface area contributed by atoms with E-state index in [4.69, 9.17) is 5.73 Å². The van der Waals surface area contributed by atoms with Crippen LogP contribution in [0.3, 0.4) is 0 Å². The second-order valence-corrected chi connectivity index (χ2v) is 5.73. The lowest BCUT2D eigenvalue weighted by Gasteiger charge is -2.29. The van der Waals surface area contributed by atoms with E-state index in [-0.39, 0.29) is 5.91 Å². The molecule has 0 bridgehead atoms. The van der Waals surface area contributed by atoms with Gasteiger partial charge in [0.15, 0.2) is 0 Å². The summed E-state index contributed by atoms with van der Waals surface area (Å²) in [7, 11) is 1.79. The Kier molecular flexibility index (Phi) is 7.23. The van der Waals surface area contributed by atoms with Crippen LogP contribution < -0.4 is 16.0 Å². The fraction of sp³-hybridized carbons (Fsp3) is 0.588. The Morgan fingerprint density at radius 1 is 1.24 bits per heavy atom. The van der Waals surface area contributed by atoms with Gasteiger partial charge in [0.05, 0.1) is 5.54 Å². The average molecular weight is 291 g/mol. The summed E-state index contributed by atoms with van der Waals surface area (Å²) in [5.74, 6) is -0.287. The number of anilines is 1. The topological polar surface area (TPSA) is 58.4 Å². The molecule has 4 heteroatoms. The number of likely N-dealkylation sites (N-methyl/N-ethyl adjacent to an activating group) is 1. The highest BCUT2D eigenvalue weighted by Gasteiger charge is 2.28. The van der Waals surface area contributed by atoms with Gasteiger partial charge < -0.3 is 16.0 Å². The lowest BCUT2D eigenvalue weighted by Crippen LogP contribution is -2.51. The van der Waals surface area contributed by atoms with Gasteiger partial charge in [-0.25, -0.2) is 0 Å². The maximum absolute atomic E-state index is 11.5. The molecule has 21 heavy (non-hydrogen) atoms. The minimum Gasteiger partial charge on any atom is -0.372 e. The van der Waals surface area contributed by atoms with Crippen molar-refractivity contribution in [3.05, 3.63) is 30.3 Å². The zero-order valence-corrected chi connectivity index (χ0v) is 13.6. The number of carbonyl (C=O) groups excluding carboxylic acids is 1. The molecule has 1 aromatic rings. The molecule has 3 N–H and O–H groups in total. The van der Waals surface area contributed by atoms with Gasteiger partial charge in [0.1, 0.15) is 0 Å². The predicted molar refractivity (Wildman–Crippen MR) is 89.5 cm³/mol. The van der Waals surface area contributed by atoms with Gasteiger partial charge in [-0.15, -0.1) is 0 Å². The van der Waals surface area contributed by atoms with Crippen LogP contribution in [-0.2, 0) is 4.79 Å². The maximum atomic E-state index is 11.5. The summed E-state index contributed by atoms with van der Waals surface area (Å²) in [4.78, 5) is 13.9. The number of hydrogen-bond donors (Lipinski definition) is 2.